The summed E-state index contributed by atoms with van der Waals surface area (Å²) in [6, 6.07) is 20.8. The minimum absolute atomic E-state index is 0.0326. The number of H-pyrrole nitrogens is 1. The predicted octanol–water partition coefficient (Wildman–Crippen LogP) is 5.09. The molecule has 0 radical (unpaired) electrons. The fraction of sp³-hybridized carbons (Fsp3) is 0.192. The quantitative estimate of drug-likeness (QED) is 0.431. The number of nitrogens with one attached hydrogen (secondary N) is 3. The topological polar surface area (TPSA) is 93.6 Å². The number of nitrogens with zero attached hydrogens (tertiary/aromatic N) is 2. The van der Waals surface area contributed by atoms with Crippen LogP contribution in [-0.2, 0) is 17.6 Å². The summed E-state index contributed by atoms with van der Waals surface area (Å²) in [5.41, 5.74) is 9.01. The Bertz CT molecular complexity index is 1430. The minimum Gasteiger partial charge on any atom is -0.378 e. The number of carbonyl (C=O) groups is 1. The Labute approximate surface area is 185 Å². The molecule has 2 heterocycles. The normalized spacial score (nSPS) is 16.8. The van der Waals surface area contributed by atoms with E-state index in [0.29, 0.717) is 6.42 Å². The fourth-order valence-corrected chi connectivity index (χ4v) is 4.92. The van der Waals surface area contributed by atoms with Gasteiger partial charge in [-0.3, -0.25) is 9.89 Å². The number of hydrogen-bond acceptors (Lipinski definition) is 4. The molecule has 0 saturated heterocycles. The van der Waals surface area contributed by atoms with Crippen molar-refractivity contribution in [3.63, 3.8) is 0 Å². The van der Waals surface area contributed by atoms with Crippen molar-refractivity contribution in [2.75, 3.05) is 10.6 Å². The molecular weight excluding hydrogens is 398 g/mol. The molecule has 0 saturated carbocycles. The monoisotopic (exact) mass is 419 g/mol. The van der Waals surface area contributed by atoms with Gasteiger partial charge >= 0.3 is 0 Å². The summed E-state index contributed by atoms with van der Waals surface area (Å²) < 4.78 is 0. The van der Waals surface area contributed by atoms with Crippen LogP contribution in [0, 0.1) is 11.3 Å². The van der Waals surface area contributed by atoms with Gasteiger partial charge < -0.3 is 10.6 Å². The van der Waals surface area contributed by atoms with Crippen molar-refractivity contribution < 1.29 is 4.79 Å². The highest BCUT2D eigenvalue weighted by atomic mass is 16.1. The summed E-state index contributed by atoms with van der Waals surface area (Å²) in [6.45, 7) is 0. The van der Waals surface area contributed by atoms with E-state index < -0.39 is 0 Å². The first-order valence-electron chi connectivity index (χ1n) is 10.9. The molecule has 6 heteroatoms. The number of nitriles is 1. The van der Waals surface area contributed by atoms with Gasteiger partial charge in [0, 0.05) is 22.3 Å². The molecule has 1 amide bonds. The number of amides is 1. The second-order valence-corrected chi connectivity index (χ2v) is 8.54. The summed E-state index contributed by atoms with van der Waals surface area (Å²) >= 11 is 0. The minimum atomic E-state index is 0.0326. The molecule has 4 aromatic rings. The zero-order chi connectivity index (χ0) is 21.7. The molecule has 6 rings (SSSR count). The number of carbonyl (C=O) groups excluding carboxylic acids is 1. The van der Waals surface area contributed by atoms with E-state index in [0.717, 1.165) is 63.9 Å². The second-order valence-electron chi connectivity index (χ2n) is 8.54. The van der Waals surface area contributed by atoms with Gasteiger partial charge in [0.15, 0.2) is 0 Å². The third-order valence-corrected chi connectivity index (χ3v) is 6.50. The van der Waals surface area contributed by atoms with Crippen LogP contribution >= 0.6 is 0 Å². The molecule has 3 aromatic carbocycles. The van der Waals surface area contributed by atoms with Crippen LogP contribution < -0.4 is 10.6 Å². The van der Waals surface area contributed by atoms with Crippen molar-refractivity contribution in [2.24, 2.45) is 0 Å². The predicted molar refractivity (Wildman–Crippen MR) is 124 cm³/mol. The summed E-state index contributed by atoms with van der Waals surface area (Å²) in [7, 11) is 0. The number of anilines is 2. The lowest BCUT2D eigenvalue weighted by molar-refractivity contribution is -0.115. The molecule has 0 bridgehead atoms. The number of benzene rings is 3. The van der Waals surface area contributed by atoms with Gasteiger partial charge in [-0.05, 0) is 72.4 Å². The lowest BCUT2D eigenvalue weighted by Crippen LogP contribution is -2.17. The van der Waals surface area contributed by atoms with Gasteiger partial charge in [0.25, 0.3) is 0 Å². The van der Waals surface area contributed by atoms with E-state index >= 15 is 0 Å². The third-order valence-electron chi connectivity index (χ3n) is 6.50. The van der Waals surface area contributed by atoms with E-state index in [1.165, 1.54) is 11.1 Å². The summed E-state index contributed by atoms with van der Waals surface area (Å²) in [5, 5.41) is 24.6. The number of aryl methyl sites for hydroxylation is 1. The van der Waals surface area contributed by atoms with Gasteiger partial charge in [0.2, 0.25) is 5.91 Å². The highest BCUT2D eigenvalue weighted by Gasteiger charge is 2.22. The number of rotatable bonds is 3. The SMILES string of the molecule is N#Cc1ccc2c(c1)CCCC2Nc1ccc2[nH]nc(-c3ccc4c(c3)NC(=O)C4)c2c1. The number of fused-ring (bicyclic) bond motifs is 3. The Morgan fingerprint density at radius 1 is 1.06 bits per heavy atom. The van der Waals surface area contributed by atoms with Crippen LogP contribution in [-0.4, -0.2) is 16.1 Å². The Kier molecular flexibility index (Phi) is 4.22. The lowest BCUT2D eigenvalue weighted by atomic mass is 9.86. The van der Waals surface area contributed by atoms with Crippen LogP contribution in [0.1, 0.15) is 41.1 Å². The van der Waals surface area contributed by atoms with E-state index in [9.17, 15) is 10.1 Å². The smallest absolute Gasteiger partial charge is 0.228 e. The Hall–Kier alpha value is -4.11. The third kappa shape index (κ3) is 3.10. The Balaban J connectivity index is 1.34. The van der Waals surface area contributed by atoms with Crippen molar-refractivity contribution in [1.82, 2.24) is 10.2 Å². The summed E-state index contributed by atoms with van der Waals surface area (Å²) in [5.74, 6) is 0.0326. The number of aromatic nitrogens is 2. The van der Waals surface area contributed by atoms with Crippen molar-refractivity contribution in [1.29, 1.82) is 5.26 Å². The van der Waals surface area contributed by atoms with E-state index in [2.05, 4.69) is 45.1 Å². The molecule has 1 aliphatic carbocycles. The van der Waals surface area contributed by atoms with Crippen molar-refractivity contribution >= 4 is 28.2 Å². The van der Waals surface area contributed by atoms with Gasteiger partial charge in [-0.15, -0.1) is 0 Å². The molecule has 3 N–H and O–H groups in total. The van der Waals surface area contributed by atoms with E-state index in [1.54, 1.807) is 0 Å². The van der Waals surface area contributed by atoms with Crippen LogP contribution in [0.4, 0.5) is 11.4 Å². The van der Waals surface area contributed by atoms with Crippen LogP contribution in [0.25, 0.3) is 22.2 Å². The van der Waals surface area contributed by atoms with Crippen LogP contribution in [0.5, 0.6) is 0 Å². The molecule has 1 aromatic heterocycles. The molecule has 6 nitrogen and oxygen atoms in total. The summed E-state index contributed by atoms with van der Waals surface area (Å²) in [6.07, 6.45) is 3.60. The van der Waals surface area contributed by atoms with Crippen molar-refractivity contribution in [3.05, 3.63) is 76.9 Å². The highest BCUT2D eigenvalue weighted by Crippen LogP contribution is 2.36. The maximum absolute atomic E-state index is 11.7. The van der Waals surface area contributed by atoms with Crippen LogP contribution in [0.15, 0.2) is 54.6 Å². The second kappa shape index (κ2) is 7.24. The molecule has 1 unspecified atom stereocenters. The molecular formula is C26H21N5O. The van der Waals surface area contributed by atoms with Gasteiger partial charge in [0.05, 0.1) is 29.6 Å². The van der Waals surface area contributed by atoms with Crippen molar-refractivity contribution in [2.45, 2.75) is 31.7 Å². The first-order valence-corrected chi connectivity index (χ1v) is 10.9. The first-order chi connectivity index (χ1) is 15.7. The number of aromatic amines is 1. The highest BCUT2D eigenvalue weighted by molar-refractivity contribution is 6.01. The maximum atomic E-state index is 11.7. The zero-order valence-corrected chi connectivity index (χ0v) is 17.4. The van der Waals surface area contributed by atoms with E-state index in [1.807, 2.05) is 36.4 Å². The average Bonchev–Trinajstić information content (AvgIpc) is 3.40. The van der Waals surface area contributed by atoms with Crippen molar-refractivity contribution in [3.8, 4) is 17.3 Å². The van der Waals surface area contributed by atoms with Crippen LogP contribution in [0.2, 0.25) is 0 Å². The van der Waals surface area contributed by atoms with Crippen LogP contribution in [0.3, 0.4) is 0 Å². The fourth-order valence-electron chi connectivity index (χ4n) is 4.92. The Morgan fingerprint density at radius 3 is 2.91 bits per heavy atom. The molecule has 156 valence electrons. The van der Waals surface area contributed by atoms with E-state index in [4.69, 9.17) is 0 Å². The molecule has 1 atom stereocenters. The maximum Gasteiger partial charge on any atom is 0.228 e. The first kappa shape index (κ1) is 18.6. The molecule has 1 aliphatic heterocycles. The van der Waals surface area contributed by atoms with Gasteiger partial charge in [-0.1, -0.05) is 18.2 Å². The molecule has 0 spiro atoms. The summed E-state index contributed by atoms with van der Waals surface area (Å²) in [4.78, 5) is 11.7. The van der Waals surface area contributed by atoms with E-state index in [-0.39, 0.29) is 11.9 Å². The largest absolute Gasteiger partial charge is 0.378 e. The standard InChI is InChI=1S/C26H21N5O/c27-14-15-4-8-20-16(10-15)2-1-3-22(20)28-19-7-9-23-21(13-19)26(31-30-23)18-6-5-17-12-25(32)29-24(17)11-18/h4-11,13,22,28H,1-3,12H2,(H,29,32)(H,30,31). The molecule has 0 fully saturated rings. The average molecular weight is 419 g/mol. The zero-order valence-electron chi connectivity index (χ0n) is 17.4. The molecule has 2 aliphatic rings. The number of hydrogen-bond donors (Lipinski definition) is 3. The Morgan fingerprint density at radius 2 is 2.00 bits per heavy atom. The van der Waals surface area contributed by atoms with Gasteiger partial charge in [0.1, 0.15) is 5.69 Å². The van der Waals surface area contributed by atoms with Gasteiger partial charge in [-0.25, -0.2) is 0 Å². The van der Waals surface area contributed by atoms with Gasteiger partial charge in [-0.2, -0.15) is 10.4 Å². The lowest BCUT2D eigenvalue weighted by Gasteiger charge is -2.27. The molecule has 32 heavy (non-hydrogen) atoms.